The van der Waals surface area contributed by atoms with E-state index < -0.39 is 4.92 Å². The lowest BCUT2D eigenvalue weighted by atomic mass is 10.2. The van der Waals surface area contributed by atoms with Crippen LogP contribution in [0.2, 0.25) is 0 Å². The van der Waals surface area contributed by atoms with Crippen molar-refractivity contribution in [3.8, 4) is 0 Å². The second-order valence-corrected chi connectivity index (χ2v) is 5.42. The fourth-order valence-corrected chi connectivity index (χ4v) is 1.99. The van der Waals surface area contributed by atoms with Gasteiger partial charge in [-0.25, -0.2) is 4.98 Å². The molecule has 9 heteroatoms. The minimum atomic E-state index is -0.485. The molecule has 0 atom stereocenters. The summed E-state index contributed by atoms with van der Waals surface area (Å²) in [5, 5.41) is 17.1. The molecule has 0 spiro atoms. The van der Waals surface area contributed by atoms with Crippen LogP contribution in [0.1, 0.15) is 38.5 Å². The average molecular weight is 323 g/mol. The SMILES string of the molecule is COC(=O)CCCCCNc1ncc([N+](=O)[O-])c(NC2CC2)n1. The summed E-state index contributed by atoms with van der Waals surface area (Å²) >= 11 is 0. The van der Waals surface area contributed by atoms with Gasteiger partial charge in [0.2, 0.25) is 11.8 Å². The largest absolute Gasteiger partial charge is 0.469 e. The van der Waals surface area contributed by atoms with Crippen molar-refractivity contribution in [2.24, 2.45) is 0 Å². The number of anilines is 2. The van der Waals surface area contributed by atoms with E-state index >= 15 is 0 Å². The maximum absolute atomic E-state index is 11.0. The topological polar surface area (TPSA) is 119 Å². The molecule has 0 radical (unpaired) electrons. The van der Waals surface area contributed by atoms with Crippen molar-refractivity contribution in [3.05, 3.63) is 16.3 Å². The highest BCUT2D eigenvalue weighted by atomic mass is 16.6. The second kappa shape index (κ2) is 8.25. The van der Waals surface area contributed by atoms with Crippen molar-refractivity contribution in [3.63, 3.8) is 0 Å². The molecule has 1 fully saturated rings. The van der Waals surface area contributed by atoms with Crippen molar-refractivity contribution in [1.29, 1.82) is 0 Å². The van der Waals surface area contributed by atoms with E-state index in [4.69, 9.17) is 0 Å². The first-order chi connectivity index (χ1) is 11.1. The number of methoxy groups -OCH3 is 1. The van der Waals surface area contributed by atoms with Gasteiger partial charge in [0.25, 0.3) is 0 Å². The van der Waals surface area contributed by atoms with Crippen LogP contribution in [-0.4, -0.2) is 40.6 Å². The number of carbonyl (C=O) groups excluding carboxylic acids is 1. The second-order valence-electron chi connectivity index (χ2n) is 5.42. The third-order valence-electron chi connectivity index (χ3n) is 3.45. The molecule has 23 heavy (non-hydrogen) atoms. The zero-order valence-electron chi connectivity index (χ0n) is 13.1. The van der Waals surface area contributed by atoms with Crippen molar-refractivity contribution in [1.82, 2.24) is 9.97 Å². The standard InChI is InChI=1S/C14H21N5O4/c1-23-12(20)5-3-2-4-8-15-14-16-9-11(19(21)22)13(18-14)17-10-6-7-10/h9-10H,2-8H2,1H3,(H2,15,16,17,18). The summed E-state index contributed by atoms with van der Waals surface area (Å²) in [7, 11) is 1.38. The Hall–Kier alpha value is -2.45. The van der Waals surface area contributed by atoms with Crippen LogP contribution in [0.5, 0.6) is 0 Å². The molecule has 0 aromatic carbocycles. The van der Waals surface area contributed by atoms with Crippen molar-refractivity contribution in [2.45, 2.75) is 44.6 Å². The molecular weight excluding hydrogens is 302 g/mol. The van der Waals surface area contributed by atoms with Crippen LogP contribution in [0.15, 0.2) is 6.20 Å². The Bertz CT molecular complexity index is 562. The van der Waals surface area contributed by atoms with E-state index in [0.717, 1.165) is 32.1 Å². The van der Waals surface area contributed by atoms with Gasteiger partial charge in [-0.3, -0.25) is 14.9 Å². The quantitative estimate of drug-likeness (QED) is 0.291. The number of nitro groups is 1. The van der Waals surface area contributed by atoms with E-state index in [9.17, 15) is 14.9 Å². The summed E-state index contributed by atoms with van der Waals surface area (Å²) in [6.45, 7) is 0.641. The van der Waals surface area contributed by atoms with E-state index in [1.165, 1.54) is 13.3 Å². The first-order valence-corrected chi connectivity index (χ1v) is 7.69. The molecule has 1 aromatic rings. The van der Waals surface area contributed by atoms with Gasteiger partial charge in [-0.15, -0.1) is 0 Å². The Morgan fingerprint density at radius 1 is 1.43 bits per heavy atom. The number of hydrogen-bond donors (Lipinski definition) is 2. The highest BCUT2D eigenvalue weighted by molar-refractivity contribution is 5.68. The number of aromatic nitrogens is 2. The zero-order valence-corrected chi connectivity index (χ0v) is 13.1. The van der Waals surface area contributed by atoms with Crippen LogP contribution in [0.4, 0.5) is 17.5 Å². The maximum atomic E-state index is 11.0. The van der Waals surface area contributed by atoms with Crippen molar-refractivity contribution >= 4 is 23.4 Å². The Labute approximate surface area is 134 Å². The first kappa shape index (κ1) is 16.9. The smallest absolute Gasteiger partial charge is 0.329 e. The third kappa shape index (κ3) is 5.68. The van der Waals surface area contributed by atoms with E-state index in [-0.39, 0.29) is 23.5 Å². The van der Waals surface area contributed by atoms with Gasteiger partial charge >= 0.3 is 11.7 Å². The lowest BCUT2D eigenvalue weighted by Crippen LogP contribution is -2.11. The van der Waals surface area contributed by atoms with Gasteiger partial charge in [0.15, 0.2) is 0 Å². The molecule has 2 rings (SSSR count). The number of nitrogens with one attached hydrogen (secondary N) is 2. The van der Waals surface area contributed by atoms with Crippen LogP contribution in [-0.2, 0) is 9.53 Å². The van der Waals surface area contributed by atoms with Gasteiger partial charge in [-0.1, -0.05) is 6.42 Å². The van der Waals surface area contributed by atoms with Gasteiger partial charge in [0.1, 0.15) is 6.20 Å². The Kier molecular flexibility index (Phi) is 6.07. The predicted molar refractivity (Wildman–Crippen MR) is 84.3 cm³/mol. The summed E-state index contributed by atoms with van der Waals surface area (Å²) in [6, 6.07) is 0.273. The third-order valence-corrected chi connectivity index (χ3v) is 3.45. The minimum Gasteiger partial charge on any atom is -0.469 e. The van der Waals surface area contributed by atoms with Crippen LogP contribution in [0, 0.1) is 10.1 Å². The molecular formula is C14H21N5O4. The number of ether oxygens (including phenoxy) is 1. The van der Waals surface area contributed by atoms with Crippen molar-refractivity contribution < 1.29 is 14.5 Å². The van der Waals surface area contributed by atoms with E-state index in [1.807, 2.05) is 0 Å². The van der Waals surface area contributed by atoms with Crippen molar-refractivity contribution in [2.75, 3.05) is 24.3 Å². The molecule has 1 aliphatic rings. The summed E-state index contributed by atoms with van der Waals surface area (Å²) in [5.74, 6) is 0.430. The number of carbonyl (C=O) groups is 1. The fraction of sp³-hybridized carbons (Fsp3) is 0.643. The Morgan fingerprint density at radius 3 is 2.87 bits per heavy atom. The van der Waals surface area contributed by atoms with Gasteiger partial charge in [0, 0.05) is 19.0 Å². The van der Waals surface area contributed by atoms with E-state index in [2.05, 4.69) is 25.3 Å². The van der Waals surface area contributed by atoms with Gasteiger partial charge in [-0.05, 0) is 25.7 Å². The molecule has 0 bridgehead atoms. The zero-order chi connectivity index (χ0) is 16.7. The summed E-state index contributed by atoms with van der Waals surface area (Å²) < 4.78 is 4.57. The molecule has 1 aromatic heterocycles. The molecule has 9 nitrogen and oxygen atoms in total. The number of esters is 1. The van der Waals surface area contributed by atoms with Crippen LogP contribution in [0.25, 0.3) is 0 Å². The molecule has 0 saturated heterocycles. The van der Waals surface area contributed by atoms with Crippen LogP contribution in [0.3, 0.4) is 0 Å². The molecule has 1 aliphatic carbocycles. The molecule has 0 amide bonds. The number of hydrogen-bond acceptors (Lipinski definition) is 8. The number of unbranched alkanes of at least 4 members (excludes halogenated alkanes) is 2. The van der Waals surface area contributed by atoms with E-state index in [0.29, 0.717) is 18.9 Å². The Morgan fingerprint density at radius 2 is 2.22 bits per heavy atom. The lowest BCUT2D eigenvalue weighted by Gasteiger charge is -2.08. The highest BCUT2D eigenvalue weighted by Gasteiger charge is 2.26. The van der Waals surface area contributed by atoms with Gasteiger partial charge < -0.3 is 15.4 Å². The molecule has 126 valence electrons. The predicted octanol–water partition coefficient (Wildman–Crippen LogP) is 2.10. The highest BCUT2D eigenvalue weighted by Crippen LogP contribution is 2.29. The number of rotatable bonds is 10. The molecule has 1 saturated carbocycles. The molecule has 1 heterocycles. The van der Waals surface area contributed by atoms with Gasteiger partial charge in [-0.2, -0.15) is 4.98 Å². The molecule has 0 aliphatic heterocycles. The first-order valence-electron chi connectivity index (χ1n) is 7.69. The monoisotopic (exact) mass is 323 g/mol. The maximum Gasteiger partial charge on any atom is 0.329 e. The summed E-state index contributed by atoms with van der Waals surface area (Å²) in [4.78, 5) is 29.6. The fourth-order valence-electron chi connectivity index (χ4n) is 1.99. The molecule has 0 unspecified atom stereocenters. The minimum absolute atomic E-state index is 0.111. The Balaban J connectivity index is 1.78. The van der Waals surface area contributed by atoms with Crippen LogP contribution >= 0.6 is 0 Å². The van der Waals surface area contributed by atoms with Gasteiger partial charge in [0.05, 0.1) is 12.0 Å². The van der Waals surface area contributed by atoms with Crippen LogP contribution < -0.4 is 10.6 Å². The average Bonchev–Trinajstić information content (AvgIpc) is 3.34. The summed E-state index contributed by atoms with van der Waals surface area (Å²) in [6.07, 6.45) is 6.14. The lowest BCUT2D eigenvalue weighted by molar-refractivity contribution is -0.384. The normalized spacial score (nSPS) is 13.4. The molecule has 2 N–H and O–H groups in total. The number of nitrogens with zero attached hydrogens (tertiary/aromatic N) is 3. The van der Waals surface area contributed by atoms with E-state index in [1.54, 1.807) is 0 Å². The summed E-state index contributed by atoms with van der Waals surface area (Å²) in [5.41, 5.74) is -0.111.